The second-order valence-corrected chi connectivity index (χ2v) is 7.63. The summed E-state index contributed by atoms with van der Waals surface area (Å²) in [5, 5.41) is 11.4. The number of anilines is 1. The number of carbonyl (C=O) groups is 1. The van der Waals surface area contributed by atoms with Crippen LogP contribution in [0.3, 0.4) is 0 Å². The van der Waals surface area contributed by atoms with Gasteiger partial charge in [0.05, 0.1) is 32.4 Å². The van der Waals surface area contributed by atoms with E-state index in [0.717, 1.165) is 17.4 Å². The Bertz CT molecular complexity index is 1270. The van der Waals surface area contributed by atoms with Crippen molar-refractivity contribution < 1.29 is 14.1 Å². The molecule has 150 valence electrons. The molecule has 0 saturated carbocycles. The summed E-state index contributed by atoms with van der Waals surface area (Å²) < 4.78 is 14.7. The number of nitro groups is 1. The Morgan fingerprint density at radius 1 is 1.20 bits per heavy atom. The number of carbonyl (C=O) groups excluding carboxylic acids is 1. The van der Waals surface area contributed by atoms with E-state index in [1.807, 2.05) is 0 Å². The Balaban J connectivity index is 1.82. The summed E-state index contributed by atoms with van der Waals surface area (Å²) in [6.45, 7) is 0.0279. The van der Waals surface area contributed by atoms with Crippen LogP contribution >= 0.6 is 22.9 Å². The molecule has 4 aromatic rings. The highest BCUT2D eigenvalue weighted by Crippen LogP contribution is 2.33. The Labute approximate surface area is 178 Å². The molecule has 0 aliphatic heterocycles. The maximum Gasteiger partial charge on any atom is 0.270 e. The zero-order valence-electron chi connectivity index (χ0n) is 15.2. The van der Waals surface area contributed by atoms with Crippen molar-refractivity contribution in [3.05, 3.63) is 93.0 Å². The molecular formula is C20H12ClFN4O3S. The molecule has 0 saturated heterocycles. The van der Waals surface area contributed by atoms with Crippen LogP contribution in [0.25, 0.3) is 10.2 Å². The molecule has 0 spiro atoms. The van der Waals surface area contributed by atoms with Gasteiger partial charge < -0.3 is 0 Å². The molecule has 4 rings (SSSR count). The quantitative estimate of drug-likeness (QED) is 0.311. The molecule has 30 heavy (non-hydrogen) atoms. The average Bonchev–Trinajstić information content (AvgIpc) is 3.18. The molecule has 1 amide bonds. The molecule has 0 aliphatic carbocycles. The van der Waals surface area contributed by atoms with Crippen LogP contribution in [0.2, 0.25) is 5.02 Å². The van der Waals surface area contributed by atoms with E-state index < -0.39 is 16.6 Å². The summed E-state index contributed by atoms with van der Waals surface area (Å²) in [4.78, 5) is 33.7. The number of aromatic nitrogens is 2. The lowest BCUT2D eigenvalue weighted by Gasteiger charge is -2.20. The van der Waals surface area contributed by atoms with Gasteiger partial charge in [-0.25, -0.2) is 9.37 Å². The molecule has 0 fully saturated rings. The fraction of sp³-hybridized carbons (Fsp3) is 0.0500. The molecule has 2 aromatic carbocycles. The highest BCUT2D eigenvalue weighted by Gasteiger charge is 2.26. The minimum absolute atomic E-state index is 0.0279. The van der Waals surface area contributed by atoms with E-state index >= 15 is 0 Å². The smallest absolute Gasteiger partial charge is 0.270 e. The predicted octanol–water partition coefficient (Wildman–Crippen LogP) is 5.24. The van der Waals surface area contributed by atoms with Crippen molar-refractivity contribution in [1.29, 1.82) is 0 Å². The maximum absolute atomic E-state index is 14.2. The normalized spacial score (nSPS) is 10.9. The Morgan fingerprint density at radius 2 is 2.03 bits per heavy atom. The van der Waals surface area contributed by atoms with Crippen LogP contribution in [0, 0.1) is 15.9 Å². The first-order chi connectivity index (χ1) is 14.4. The zero-order valence-corrected chi connectivity index (χ0v) is 16.7. The van der Waals surface area contributed by atoms with Gasteiger partial charge in [-0.2, -0.15) is 0 Å². The van der Waals surface area contributed by atoms with E-state index in [-0.39, 0.29) is 33.5 Å². The number of benzene rings is 2. The summed E-state index contributed by atoms with van der Waals surface area (Å²) in [6, 6.07) is 13.4. The topological polar surface area (TPSA) is 89.2 Å². The van der Waals surface area contributed by atoms with Gasteiger partial charge in [-0.3, -0.25) is 24.8 Å². The molecule has 7 nitrogen and oxygen atoms in total. The van der Waals surface area contributed by atoms with Gasteiger partial charge in [0.25, 0.3) is 11.6 Å². The fourth-order valence-corrected chi connectivity index (χ4v) is 4.01. The van der Waals surface area contributed by atoms with Gasteiger partial charge in [0.2, 0.25) is 0 Å². The van der Waals surface area contributed by atoms with Gasteiger partial charge in [0.15, 0.2) is 5.13 Å². The number of fused-ring (bicyclic) bond motifs is 1. The Hall–Kier alpha value is -3.43. The number of pyridine rings is 1. The standard InChI is InChI=1S/C20H12ClFN4O3S/c21-15-8-7-13(26(28)29)10-14(15)19(27)25(11-12-4-1-2-9-23-12)20-24-18-16(22)5-3-6-17(18)30-20/h1-10H,11H2. The molecule has 0 aliphatic rings. The molecule has 0 bridgehead atoms. The van der Waals surface area contributed by atoms with Crippen LogP contribution in [-0.2, 0) is 6.54 Å². The predicted molar refractivity (Wildman–Crippen MR) is 112 cm³/mol. The van der Waals surface area contributed by atoms with Crippen LogP contribution in [0.1, 0.15) is 16.1 Å². The second kappa shape index (κ2) is 8.13. The lowest BCUT2D eigenvalue weighted by Crippen LogP contribution is -2.31. The largest absolute Gasteiger partial charge is 0.278 e. The lowest BCUT2D eigenvalue weighted by atomic mass is 10.1. The number of rotatable bonds is 5. The third-order valence-corrected chi connectivity index (χ3v) is 5.65. The van der Waals surface area contributed by atoms with Gasteiger partial charge in [-0.1, -0.05) is 35.1 Å². The van der Waals surface area contributed by atoms with Gasteiger partial charge in [-0.05, 0) is 30.3 Å². The monoisotopic (exact) mass is 442 g/mol. The SMILES string of the molecule is O=C(c1cc([N+](=O)[O-])ccc1Cl)N(Cc1ccccn1)c1nc2c(F)cccc2s1. The summed E-state index contributed by atoms with van der Waals surface area (Å²) in [5.74, 6) is -1.11. The summed E-state index contributed by atoms with van der Waals surface area (Å²) in [5.41, 5.74) is 0.381. The van der Waals surface area contributed by atoms with E-state index in [0.29, 0.717) is 10.4 Å². The van der Waals surface area contributed by atoms with Crippen molar-refractivity contribution >= 4 is 49.9 Å². The molecule has 0 unspecified atom stereocenters. The van der Waals surface area contributed by atoms with E-state index in [1.54, 1.807) is 36.5 Å². The molecular weight excluding hydrogens is 431 g/mol. The highest BCUT2D eigenvalue weighted by atomic mass is 35.5. The van der Waals surface area contributed by atoms with Crippen molar-refractivity contribution in [3.63, 3.8) is 0 Å². The number of nitro benzene ring substituents is 1. The first-order valence-corrected chi connectivity index (χ1v) is 9.84. The van der Waals surface area contributed by atoms with E-state index in [4.69, 9.17) is 11.6 Å². The number of para-hydroxylation sites is 1. The maximum atomic E-state index is 14.2. The minimum atomic E-state index is -0.608. The summed E-state index contributed by atoms with van der Waals surface area (Å²) in [7, 11) is 0. The van der Waals surface area contributed by atoms with Crippen molar-refractivity contribution in [1.82, 2.24) is 9.97 Å². The van der Waals surface area contributed by atoms with Crippen molar-refractivity contribution in [3.8, 4) is 0 Å². The number of hydrogen-bond acceptors (Lipinski definition) is 6. The van der Waals surface area contributed by atoms with Crippen LogP contribution in [0.4, 0.5) is 15.2 Å². The first kappa shape index (κ1) is 19.9. The molecule has 2 heterocycles. The number of halogens is 2. The molecule has 0 N–H and O–H groups in total. The first-order valence-electron chi connectivity index (χ1n) is 8.65. The minimum Gasteiger partial charge on any atom is -0.278 e. The average molecular weight is 443 g/mol. The van der Waals surface area contributed by atoms with Gasteiger partial charge in [0, 0.05) is 18.3 Å². The third kappa shape index (κ3) is 3.85. The Kier molecular flexibility index (Phi) is 5.39. The number of thiazole rings is 1. The van der Waals surface area contributed by atoms with E-state index in [1.165, 1.54) is 23.1 Å². The van der Waals surface area contributed by atoms with E-state index in [9.17, 15) is 19.3 Å². The Morgan fingerprint density at radius 3 is 2.73 bits per heavy atom. The van der Waals surface area contributed by atoms with Gasteiger partial charge in [-0.15, -0.1) is 0 Å². The summed E-state index contributed by atoms with van der Waals surface area (Å²) in [6.07, 6.45) is 1.58. The van der Waals surface area contributed by atoms with Crippen LogP contribution in [0.5, 0.6) is 0 Å². The van der Waals surface area contributed by atoms with Crippen molar-refractivity contribution in [2.75, 3.05) is 4.90 Å². The van der Waals surface area contributed by atoms with E-state index in [2.05, 4.69) is 9.97 Å². The van der Waals surface area contributed by atoms with Gasteiger partial charge in [0.1, 0.15) is 11.3 Å². The lowest BCUT2D eigenvalue weighted by molar-refractivity contribution is -0.384. The van der Waals surface area contributed by atoms with Crippen LogP contribution < -0.4 is 4.90 Å². The van der Waals surface area contributed by atoms with Gasteiger partial charge >= 0.3 is 0 Å². The van der Waals surface area contributed by atoms with Crippen molar-refractivity contribution in [2.45, 2.75) is 6.54 Å². The number of nitrogens with zero attached hydrogens (tertiary/aromatic N) is 4. The molecule has 10 heteroatoms. The summed E-state index contributed by atoms with van der Waals surface area (Å²) >= 11 is 7.30. The third-order valence-electron chi connectivity index (χ3n) is 4.27. The molecule has 2 aromatic heterocycles. The second-order valence-electron chi connectivity index (χ2n) is 6.22. The highest BCUT2D eigenvalue weighted by molar-refractivity contribution is 7.22. The molecule has 0 atom stereocenters. The van der Waals surface area contributed by atoms with Crippen molar-refractivity contribution in [2.24, 2.45) is 0 Å². The fourth-order valence-electron chi connectivity index (χ4n) is 2.83. The zero-order chi connectivity index (χ0) is 21.3. The van der Waals surface area contributed by atoms with Crippen LogP contribution in [0.15, 0.2) is 60.8 Å². The molecule has 0 radical (unpaired) electrons. The number of non-ortho nitro benzene ring substituents is 1. The number of amides is 1. The number of hydrogen-bond donors (Lipinski definition) is 0. The van der Waals surface area contributed by atoms with Crippen LogP contribution in [-0.4, -0.2) is 20.8 Å².